The number of guanidine groups is 1. The summed E-state index contributed by atoms with van der Waals surface area (Å²) in [5, 5.41) is 5.72. The van der Waals surface area contributed by atoms with Gasteiger partial charge in [0.2, 0.25) is 11.8 Å². The van der Waals surface area contributed by atoms with Crippen molar-refractivity contribution in [2.45, 2.75) is 19.9 Å². The van der Waals surface area contributed by atoms with Crippen LogP contribution in [0.1, 0.15) is 18.9 Å². The number of fused-ring (bicyclic) bond motifs is 5. The number of amides is 2. The minimum Gasteiger partial charge on any atom is -0.357 e. The number of halogens is 5. The molecule has 1 aromatic rings. The number of hydrogen-bond donors (Lipinski definition) is 2. The third-order valence-corrected chi connectivity index (χ3v) is 6.13. The highest BCUT2D eigenvalue weighted by molar-refractivity contribution is 14.0. The zero-order valence-electron chi connectivity index (χ0n) is 17.2. The molecule has 1 aromatic carbocycles. The van der Waals surface area contributed by atoms with Gasteiger partial charge in [0.15, 0.2) is 29.2 Å². The van der Waals surface area contributed by atoms with Crippen LogP contribution in [0.5, 0.6) is 0 Å². The van der Waals surface area contributed by atoms with E-state index in [9.17, 15) is 27.2 Å². The van der Waals surface area contributed by atoms with Gasteiger partial charge in [-0.25, -0.2) is 22.6 Å². The van der Waals surface area contributed by atoms with Crippen LogP contribution in [0.2, 0.25) is 0 Å². The molecule has 0 radical (unpaired) electrons. The number of rotatable bonds is 6. The number of aliphatic imine (C=N–C) groups is 1. The number of carbonyl (C=O) groups is 2. The van der Waals surface area contributed by atoms with Crippen molar-refractivity contribution in [1.29, 1.82) is 0 Å². The summed E-state index contributed by atoms with van der Waals surface area (Å²) >= 11 is 0. The van der Waals surface area contributed by atoms with Crippen molar-refractivity contribution in [2.75, 3.05) is 19.6 Å². The minimum atomic E-state index is -1.50. The van der Waals surface area contributed by atoms with Crippen molar-refractivity contribution in [3.8, 4) is 0 Å². The smallest absolute Gasteiger partial charge is 0.233 e. The van der Waals surface area contributed by atoms with E-state index < -0.39 is 35.4 Å². The van der Waals surface area contributed by atoms with E-state index in [1.54, 1.807) is 6.92 Å². The first-order valence-electron chi connectivity index (χ1n) is 10.2. The van der Waals surface area contributed by atoms with Gasteiger partial charge >= 0.3 is 0 Å². The van der Waals surface area contributed by atoms with Gasteiger partial charge in [-0.15, -0.1) is 24.0 Å². The van der Waals surface area contributed by atoms with Crippen LogP contribution in [0.15, 0.2) is 23.2 Å². The van der Waals surface area contributed by atoms with Crippen LogP contribution in [-0.2, 0) is 16.1 Å². The van der Waals surface area contributed by atoms with Crippen molar-refractivity contribution >= 4 is 41.8 Å². The van der Waals surface area contributed by atoms with Crippen LogP contribution in [0.4, 0.5) is 17.6 Å². The number of benzene rings is 1. The Hall–Kier alpha value is -2.18. The first-order chi connectivity index (χ1) is 14.8. The lowest BCUT2D eigenvalue weighted by molar-refractivity contribution is -0.140. The van der Waals surface area contributed by atoms with Gasteiger partial charge in [-0.2, -0.15) is 0 Å². The average Bonchev–Trinajstić information content (AvgIpc) is 3.42. The molecule has 2 fully saturated rings. The Morgan fingerprint density at radius 2 is 1.59 bits per heavy atom. The Bertz CT molecular complexity index is 931. The van der Waals surface area contributed by atoms with E-state index in [2.05, 4.69) is 15.6 Å². The molecule has 174 valence electrons. The molecule has 3 aliphatic rings. The van der Waals surface area contributed by atoms with Crippen molar-refractivity contribution in [3.63, 3.8) is 0 Å². The standard InChI is InChI=1S/C21H22F4N4O2.HI/c1-2-26-21(28-9-12-17(24)13(22)8-14(23)18(12)25)27-5-6-29-19(30)15-10-3-4-11(7-10)16(15)20(29)31;/h3-4,8,10-11,15-16H,2,5-7,9H2,1H3,(H2,26,27,28);1H. The highest BCUT2D eigenvalue weighted by atomic mass is 127. The number of hydrogen-bond acceptors (Lipinski definition) is 3. The van der Waals surface area contributed by atoms with Crippen LogP contribution in [0.3, 0.4) is 0 Å². The number of likely N-dealkylation sites (tertiary alicyclic amines) is 1. The molecule has 0 aromatic heterocycles. The van der Waals surface area contributed by atoms with E-state index in [0.29, 0.717) is 6.54 Å². The summed E-state index contributed by atoms with van der Waals surface area (Å²) in [7, 11) is 0. The first kappa shape index (κ1) is 24.5. The fourth-order valence-corrected chi connectivity index (χ4v) is 4.73. The van der Waals surface area contributed by atoms with Gasteiger partial charge in [-0.1, -0.05) is 12.2 Å². The van der Waals surface area contributed by atoms with Gasteiger partial charge in [0.1, 0.15) is 0 Å². The fourth-order valence-electron chi connectivity index (χ4n) is 4.73. The van der Waals surface area contributed by atoms with Crippen LogP contribution >= 0.6 is 24.0 Å². The Labute approximate surface area is 199 Å². The van der Waals surface area contributed by atoms with E-state index in [1.165, 1.54) is 4.90 Å². The summed E-state index contributed by atoms with van der Waals surface area (Å²) in [6, 6.07) is 0.141. The maximum absolute atomic E-state index is 13.8. The lowest BCUT2D eigenvalue weighted by atomic mass is 9.85. The largest absolute Gasteiger partial charge is 0.357 e. The van der Waals surface area contributed by atoms with Crippen molar-refractivity contribution < 1.29 is 27.2 Å². The molecule has 1 saturated carbocycles. The molecular formula is C21H23F4IN4O2. The van der Waals surface area contributed by atoms with E-state index in [4.69, 9.17) is 0 Å². The second kappa shape index (κ2) is 9.75. The van der Waals surface area contributed by atoms with Gasteiger partial charge in [0, 0.05) is 25.7 Å². The van der Waals surface area contributed by atoms with Gasteiger partial charge in [0.25, 0.3) is 0 Å². The zero-order chi connectivity index (χ0) is 22.3. The van der Waals surface area contributed by atoms with E-state index in [0.717, 1.165) is 6.42 Å². The van der Waals surface area contributed by atoms with Crippen LogP contribution in [0, 0.1) is 46.9 Å². The maximum Gasteiger partial charge on any atom is 0.233 e. The second-order valence-electron chi connectivity index (χ2n) is 7.90. The summed E-state index contributed by atoms with van der Waals surface area (Å²) in [6.45, 7) is 1.81. The molecule has 32 heavy (non-hydrogen) atoms. The van der Waals surface area contributed by atoms with Crippen molar-refractivity contribution in [2.24, 2.45) is 28.7 Å². The molecule has 11 heteroatoms. The molecule has 1 aliphatic heterocycles. The van der Waals surface area contributed by atoms with Crippen LogP contribution in [-0.4, -0.2) is 42.3 Å². The van der Waals surface area contributed by atoms with Crippen molar-refractivity contribution in [1.82, 2.24) is 15.5 Å². The number of imide groups is 1. The zero-order valence-corrected chi connectivity index (χ0v) is 19.5. The summed E-state index contributed by atoms with van der Waals surface area (Å²) in [5.41, 5.74) is -0.824. The third-order valence-electron chi connectivity index (χ3n) is 6.13. The molecule has 1 saturated heterocycles. The quantitative estimate of drug-likeness (QED) is 0.106. The molecule has 2 N–H and O–H groups in total. The molecule has 2 aliphatic carbocycles. The highest BCUT2D eigenvalue weighted by Gasteiger charge is 2.58. The molecule has 2 bridgehead atoms. The van der Waals surface area contributed by atoms with Crippen molar-refractivity contribution in [3.05, 3.63) is 47.1 Å². The third kappa shape index (κ3) is 4.23. The molecule has 4 unspecified atom stereocenters. The first-order valence-corrected chi connectivity index (χ1v) is 10.2. The predicted octanol–water partition coefficient (Wildman–Crippen LogP) is 2.72. The summed E-state index contributed by atoms with van der Waals surface area (Å²) in [5.74, 6) is -6.51. The van der Waals surface area contributed by atoms with Gasteiger partial charge in [0.05, 0.1) is 23.9 Å². The number of allylic oxidation sites excluding steroid dienone is 2. The molecule has 1 heterocycles. The number of nitrogens with one attached hydrogen (secondary N) is 2. The monoisotopic (exact) mass is 566 g/mol. The molecule has 4 rings (SSSR count). The Morgan fingerprint density at radius 1 is 1.03 bits per heavy atom. The summed E-state index contributed by atoms with van der Waals surface area (Å²) in [6.07, 6.45) is 4.88. The normalized spacial score (nSPS) is 25.9. The SMILES string of the molecule is CCNC(=NCc1c(F)c(F)cc(F)c1F)NCCN1C(=O)C2C3C=CC(C3)C2C1=O.I. The van der Waals surface area contributed by atoms with E-state index >= 15 is 0 Å². The summed E-state index contributed by atoms with van der Waals surface area (Å²) < 4.78 is 54.4. The highest BCUT2D eigenvalue weighted by Crippen LogP contribution is 2.52. The maximum atomic E-state index is 13.8. The van der Waals surface area contributed by atoms with Crippen LogP contribution in [0.25, 0.3) is 0 Å². The number of nitrogens with zero attached hydrogens (tertiary/aromatic N) is 2. The van der Waals surface area contributed by atoms with Gasteiger partial charge in [-0.3, -0.25) is 14.5 Å². The minimum absolute atomic E-state index is 0. The Kier molecular flexibility index (Phi) is 7.46. The molecule has 0 spiro atoms. The number of carbonyl (C=O) groups excluding carboxylic acids is 2. The second-order valence-corrected chi connectivity index (χ2v) is 7.90. The van der Waals surface area contributed by atoms with Crippen LogP contribution < -0.4 is 10.6 Å². The van der Waals surface area contributed by atoms with Gasteiger partial charge in [-0.05, 0) is 25.2 Å². The lowest BCUT2D eigenvalue weighted by Crippen LogP contribution is -2.43. The van der Waals surface area contributed by atoms with E-state index in [1.807, 2.05) is 12.2 Å². The molecular weight excluding hydrogens is 543 g/mol. The fraction of sp³-hybridized carbons (Fsp3) is 0.476. The lowest BCUT2D eigenvalue weighted by Gasteiger charge is -2.18. The topological polar surface area (TPSA) is 73.8 Å². The predicted molar refractivity (Wildman–Crippen MR) is 119 cm³/mol. The average molecular weight is 566 g/mol. The Balaban J connectivity index is 0.00000289. The molecule has 6 nitrogen and oxygen atoms in total. The molecule has 2 amide bonds. The summed E-state index contributed by atoms with van der Waals surface area (Å²) in [4.78, 5) is 30.6. The Morgan fingerprint density at radius 3 is 2.12 bits per heavy atom. The molecule has 4 atom stereocenters. The van der Waals surface area contributed by atoms with Gasteiger partial charge < -0.3 is 10.6 Å². The van der Waals surface area contributed by atoms with E-state index in [-0.39, 0.29) is 84.6 Å².